The molecule has 1 atom stereocenters. The minimum Gasteiger partial charge on any atom is -0.372 e. The highest BCUT2D eigenvalue weighted by Crippen LogP contribution is 2.38. The molecule has 1 aliphatic heterocycles. The summed E-state index contributed by atoms with van der Waals surface area (Å²) in [5, 5.41) is 0. The number of methoxy groups -OCH3 is 1. The predicted molar refractivity (Wildman–Crippen MR) is 92.1 cm³/mol. The van der Waals surface area contributed by atoms with Crippen molar-refractivity contribution in [1.82, 2.24) is 0 Å². The molecule has 0 spiro atoms. The lowest BCUT2D eigenvalue weighted by atomic mass is 9.95. The summed E-state index contributed by atoms with van der Waals surface area (Å²) in [5.74, 6) is 6.41. The fraction of sp³-hybridized carbons (Fsp3) is 0.200. The molecule has 2 nitrogen and oxygen atoms in total. The standard InChI is InChI=1S/C20H19NO/c1-16-15-18(11-8-14-22-2)21(17-9-4-3-5-10-17)20-13-7-6-12-19(16)20/h3-7,9-10,12-13,15,18H,14H2,1-2H3. The molecule has 0 saturated heterocycles. The van der Waals surface area contributed by atoms with Crippen molar-refractivity contribution >= 4 is 16.9 Å². The van der Waals surface area contributed by atoms with Gasteiger partial charge in [0, 0.05) is 18.4 Å². The molecule has 0 N–H and O–H groups in total. The van der Waals surface area contributed by atoms with E-state index in [1.54, 1.807) is 7.11 Å². The maximum atomic E-state index is 5.06. The van der Waals surface area contributed by atoms with Gasteiger partial charge in [0.25, 0.3) is 0 Å². The molecule has 0 aliphatic carbocycles. The van der Waals surface area contributed by atoms with Crippen LogP contribution in [0.5, 0.6) is 0 Å². The highest BCUT2D eigenvalue weighted by molar-refractivity contribution is 5.85. The van der Waals surface area contributed by atoms with Crippen LogP contribution in [-0.2, 0) is 4.74 Å². The van der Waals surface area contributed by atoms with E-state index >= 15 is 0 Å². The summed E-state index contributed by atoms with van der Waals surface area (Å²) < 4.78 is 5.06. The van der Waals surface area contributed by atoms with E-state index in [1.807, 2.05) is 6.07 Å². The van der Waals surface area contributed by atoms with Gasteiger partial charge in [-0.25, -0.2) is 0 Å². The smallest absolute Gasteiger partial charge is 0.114 e. The van der Waals surface area contributed by atoms with E-state index in [-0.39, 0.29) is 6.04 Å². The van der Waals surface area contributed by atoms with Gasteiger partial charge in [-0.15, -0.1) is 0 Å². The number of benzene rings is 2. The van der Waals surface area contributed by atoms with E-state index in [2.05, 4.69) is 78.3 Å². The molecule has 22 heavy (non-hydrogen) atoms. The molecule has 1 unspecified atom stereocenters. The van der Waals surface area contributed by atoms with Gasteiger partial charge >= 0.3 is 0 Å². The molecule has 1 aliphatic rings. The summed E-state index contributed by atoms with van der Waals surface area (Å²) in [5.41, 5.74) is 4.87. The molecular weight excluding hydrogens is 270 g/mol. The van der Waals surface area contributed by atoms with Crippen molar-refractivity contribution < 1.29 is 4.74 Å². The molecule has 0 bridgehead atoms. The van der Waals surface area contributed by atoms with Crippen LogP contribution < -0.4 is 4.90 Å². The Morgan fingerprint density at radius 1 is 1.05 bits per heavy atom. The van der Waals surface area contributed by atoms with Gasteiger partial charge in [-0.05, 0) is 36.8 Å². The summed E-state index contributed by atoms with van der Waals surface area (Å²) >= 11 is 0. The first kappa shape index (κ1) is 14.4. The van der Waals surface area contributed by atoms with Crippen LogP contribution in [0, 0.1) is 11.8 Å². The quantitative estimate of drug-likeness (QED) is 0.766. The molecule has 0 aromatic heterocycles. The number of ether oxygens (including phenoxy) is 1. The molecule has 0 amide bonds. The van der Waals surface area contributed by atoms with E-state index in [4.69, 9.17) is 4.74 Å². The first-order valence-electron chi connectivity index (χ1n) is 7.40. The van der Waals surface area contributed by atoms with Crippen LogP contribution in [0.25, 0.3) is 5.57 Å². The molecule has 3 rings (SSSR count). The Bertz CT molecular complexity index is 737. The van der Waals surface area contributed by atoms with Crippen molar-refractivity contribution in [3.05, 3.63) is 66.2 Å². The van der Waals surface area contributed by atoms with Crippen LogP contribution in [-0.4, -0.2) is 19.8 Å². The zero-order valence-corrected chi connectivity index (χ0v) is 12.9. The summed E-state index contributed by atoms with van der Waals surface area (Å²) in [6.07, 6.45) is 2.22. The Morgan fingerprint density at radius 2 is 1.77 bits per heavy atom. The van der Waals surface area contributed by atoms with Gasteiger partial charge in [-0.2, -0.15) is 0 Å². The summed E-state index contributed by atoms with van der Waals surface area (Å²) in [6, 6.07) is 18.9. The van der Waals surface area contributed by atoms with Crippen molar-refractivity contribution in [2.45, 2.75) is 13.0 Å². The number of anilines is 2. The number of nitrogens with zero attached hydrogens (tertiary/aromatic N) is 1. The second-order valence-corrected chi connectivity index (χ2v) is 5.27. The zero-order chi connectivity index (χ0) is 15.4. The van der Waals surface area contributed by atoms with Gasteiger partial charge in [0.15, 0.2) is 0 Å². The first-order valence-corrected chi connectivity index (χ1v) is 7.40. The third-order valence-corrected chi connectivity index (χ3v) is 3.78. The molecule has 0 saturated carbocycles. The van der Waals surface area contributed by atoms with Crippen LogP contribution in [0.3, 0.4) is 0 Å². The molecule has 110 valence electrons. The topological polar surface area (TPSA) is 12.5 Å². The van der Waals surface area contributed by atoms with Crippen LogP contribution in [0.15, 0.2) is 60.7 Å². The number of hydrogen-bond acceptors (Lipinski definition) is 2. The highest BCUT2D eigenvalue weighted by Gasteiger charge is 2.24. The molecule has 0 radical (unpaired) electrons. The Morgan fingerprint density at radius 3 is 2.55 bits per heavy atom. The summed E-state index contributed by atoms with van der Waals surface area (Å²) in [4.78, 5) is 2.28. The predicted octanol–water partition coefficient (Wildman–Crippen LogP) is 4.26. The Balaban J connectivity index is 2.10. The van der Waals surface area contributed by atoms with Crippen molar-refractivity contribution in [3.63, 3.8) is 0 Å². The van der Waals surface area contributed by atoms with E-state index in [0.29, 0.717) is 6.61 Å². The van der Waals surface area contributed by atoms with E-state index in [1.165, 1.54) is 16.8 Å². The van der Waals surface area contributed by atoms with Gasteiger partial charge in [0.2, 0.25) is 0 Å². The van der Waals surface area contributed by atoms with Crippen LogP contribution >= 0.6 is 0 Å². The number of rotatable bonds is 2. The average molecular weight is 289 g/mol. The highest BCUT2D eigenvalue weighted by atomic mass is 16.5. The lowest BCUT2D eigenvalue weighted by Gasteiger charge is -2.34. The SMILES string of the molecule is COCC#CC1C=C(C)c2ccccc2N1c1ccccc1. The fourth-order valence-corrected chi connectivity index (χ4v) is 2.78. The molecule has 1 heterocycles. The van der Waals surface area contributed by atoms with Gasteiger partial charge < -0.3 is 9.64 Å². The van der Waals surface area contributed by atoms with Crippen molar-refractivity contribution in [2.24, 2.45) is 0 Å². The summed E-state index contributed by atoms with van der Waals surface area (Å²) in [6.45, 7) is 2.60. The fourth-order valence-electron chi connectivity index (χ4n) is 2.78. The van der Waals surface area contributed by atoms with Gasteiger partial charge in [-0.3, -0.25) is 0 Å². The monoisotopic (exact) mass is 289 g/mol. The van der Waals surface area contributed by atoms with Gasteiger partial charge in [0.1, 0.15) is 12.6 Å². The number of hydrogen-bond donors (Lipinski definition) is 0. The van der Waals surface area contributed by atoms with Crippen LogP contribution in [0.2, 0.25) is 0 Å². The Labute approximate surface area is 132 Å². The minimum atomic E-state index is 0.0208. The van der Waals surface area contributed by atoms with Crippen molar-refractivity contribution in [1.29, 1.82) is 0 Å². The average Bonchev–Trinajstić information content (AvgIpc) is 2.56. The number of fused-ring (bicyclic) bond motifs is 1. The largest absolute Gasteiger partial charge is 0.372 e. The zero-order valence-electron chi connectivity index (χ0n) is 12.9. The Kier molecular flexibility index (Phi) is 4.27. The lowest BCUT2D eigenvalue weighted by Crippen LogP contribution is -2.31. The maximum Gasteiger partial charge on any atom is 0.114 e. The third kappa shape index (κ3) is 2.77. The third-order valence-electron chi connectivity index (χ3n) is 3.78. The normalized spacial score (nSPS) is 16.4. The van der Waals surface area contributed by atoms with E-state index < -0.39 is 0 Å². The molecular formula is C20H19NO. The number of allylic oxidation sites excluding steroid dienone is 1. The van der Waals surface area contributed by atoms with Crippen LogP contribution in [0.4, 0.5) is 11.4 Å². The van der Waals surface area contributed by atoms with Crippen molar-refractivity contribution in [3.8, 4) is 11.8 Å². The summed E-state index contributed by atoms with van der Waals surface area (Å²) in [7, 11) is 1.67. The second kappa shape index (κ2) is 6.51. The lowest BCUT2D eigenvalue weighted by molar-refractivity contribution is 0.239. The van der Waals surface area contributed by atoms with E-state index in [0.717, 1.165) is 5.69 Å². The van der Waals surface area contributed by atoms with E-state index in [9.17, 15) is 0 Å². The maximum absolute atomic E-state index is 5.06. The Hall–Kier alpha value is -2.50. The number of para-hydroxylation sites is 2. The van der Waals surface area contributed by atoms with Crippen molar-refractivity contribution in [2.75, 3.05) is 18.6 Å². The minimum absolute atomic E-state index is 0.0208. The van der Waals surface area contributed by atoms with Gasteiger partial charge in [0.05, 0.1) is 5.69 Å². The molecule has 2 aromatic carbocycles. The first-order chi connectivity index (χ1) is 10.8. The van der Waals surface area contributed by atoms with Crippen LogP contribution in [0.1, 0.15) is 12.5 Å². The van der Waals surface area contributed by atoms with Gasteiger partial charge in [-0.1, -0.05) is 48.2 Å². The molecule has 2 heteroatoms. The second-order valence-electron chi connectivity index (χ2n) is 5.27. The molecule has 2 aromatic rings. The molecule has 0 fully saturated rings.